The van der Waals surface area contributed by atoms with E-state index < -0.39 is 5.97 Å². The summed E-state index contributed by atoms with van der Waals surface area (Å²) in [5.74, 6) is -0.614. The van der Waals surface area contributed by atoms with Crippen LogP contribution in [0.3, 0.4) is 0 Å². The molecular weight excluding hydrogens is 320 g/mol. The third kappa shape index (κ3) is 4.94. The van der Waals surface area contributed by atoms with Crippen LogP contribution in [0.4, 0.5) is 0 Å². The quantitative estimate of drug-likeness (QED) is 0.359. The van der Waals surface area contributed by atoms with Gasteiger partial charge in [0.1, 0.15) is 17.8 Å². The van der Waals surface area contributed by atoms with Gasteiger partial charge in [-0.1, -0.05) is 37.3 Å². The third-order valence-corrected chi connectivity index (χ3v) is 3.38. The molecule has 0 saturated carbocycles. The van der Waals surface area contributed by atoms with Crippen molar-refractivity contribution in [1.29, 1.82) is 0 Å². The molecule has 2 rings (SSSR count). The van der Waals surface area contributed by atoms with E-state index in [1.165, 1.54) is 18.4 Å². The second-order valence-electron chi connectivity index (χ2n) is 5.43. The number of phenols is 1. The van der Waals surface area contributed by atoms with E-state index in [-0.39, 0.29) is 17.1 Å². The van der Waals surface area contributed by atoms with Crippen molar-refractivity contribution in [2.75, 3.05) is 6.61 Å². The molecule has 0 heterocycles. The average molecular weight is 340 g/mol. The molecule has 0 aliphatic carbocycles. The number of hydrogen-bond acceptors (Lipinski definition) is 5. The number of rotatable bonds is 7. The zero-order chi connectivity index (χ0) is 18.2. The molecule has 1 N–H and O–H groups in total. The highest BCUT2D eigenvalue weighted by atomic mass is 16.5. The Morgan fingerprint density at radius 2 is 1.84 bits per heavy atom. The molecule has 0 atom stereocenters. The largest absolute Gasteiger partial charge is 0.507 e. The maximum atomic E-state index is 12.4. The second kappa shape index (κ2) is 8.68. The number of phenolic OH excluding ortho intramolecular Hbond substituents is 1. The molecule has 0 bridgehead atoms. The van der Waals surface area contributed by atoms with Crippen LogP contribution in [0.2, 0.25) is 0 Å². The van der Waals surface area contributed by atoms with Crippen molar-refractivity contribution >= 4 is 11.8 Å². The molecule has 130 valence electrons. The Bertz CT molecular complexity index is 778. The molecule has 2 aromatic rings. The van der Waals surface area contributed by atoms with E-state index in [9.17, 15) is 14.7 Å². The fraction of sp³-hybridized carbons (Fsp3) is 0.200. The molecule has 0 fully saturated rings. The summed E-state index contributed by atoms with van der Waals surface area (Å²) in [6.07, 6.45) is 2.00. The summed E-state index contributed by atoms with van der Waals surface area (Å²) < 4.78 is 10.3. The molecular formula is C20H20O5. The lowest BCUT2D eigenvalue weighted by atomic mass is 10.0. The molecule has 5 heteroatoms. The first-order chi connectivity index (χ1) is 12.0. The first kappa shape index (κ1) is 18.3. The maximum absolute atomic E-state index is 12.4. The minimum atomic E-state index is -0.457. The molecule has 0 amide bonds. The number of benzene rings is 2. The summed E-state index contributed by atoms with van der Waals surface area (Å²) in [5, 5.41) is 10.1. The Balaban J connectivity index is 2.09. The topological polar surface area (TPSA) is 72.8 Å². The van der Waals surface area contributed by atoms with E-state index in [0.29, 0.717) is 23.5 Å². The van der Waals surface area contributed by atoms with Crippen LogP contribution in [-0.2, 0) is 9.53 Å². The normalized spacial score (nSPS) is 11.0. The summed E-state index contributed by atoms with van der Waals surface area (Å²) in [6.45, 7) is 3.83. The first-order valence-electron chi connectivity index (χ1n) is 7.96. The van der Waals surface area contributed by atoms with Gasteiger partial charge in [0, 0.05) is 11.6 Å². The van der Waals surface area contributed by atoms with Crippen LogP contribution >= 0.6 is 0 Å². The van der Waals surface area contributed by atoms with Gasteiger partial charge in [0.05, 0.1) is 17.7 Å². The van der Waals surface area contributed by atoms with E-state index >= 15 is 0 Å². The van der Waals surface area contributed by atoms with Gasteiger partial charge in [0.25, 0.3) is 0 Å². The molecule has 0 aliphatic rings. The van der Waals surface area contributed by atoms with Gasteiger partial charge in [-0.25, -0.2) is 4.79 Å². The zero-order valence-electron chi connectivity index (χ0n) is 14.2. The van der Waals surface area contributed by atoms with Crippen molar-refractivity contribution in [3.8, 4) is 11.5 Å². The summed E-state index contributed by atoms with van der Waals surface area (Å²) in [4.78, 5) is 24.0. The number of carbonyl (C=O) groups is 2. The highest BCUT2D eigenvalue weighted by Crippen LogP contribution is 2.26. The molecule has 5 nitrogen and oxygen atoms in total. The van der Waals surface area contributed by atoms with Gasteiger partial charge < -0.3 is 14.6 Å². The molecule has 25 heavy (non-hydrogen) atoms. The monoisotopic (exact) mass is 340 g/mol. The maximum Gasteiger partial charge on any atom is 0.336 e. The van der Waals surface area contributed by atoms with E-state index in [1.54, 1.807) is 37.3 Å². The van der Waals surface area contributed by atoms with Crippen LogP contribution in [0, 0.1) is 0 Å². The van der Waals surface area contributed by atoms with Crippen molar-refractivity contribution in [3.05, 3.63) is 71.5 Å². The second-order valence-corrected chi connectivity index (χ2v) is 5.43. The van der Waals surface area contributed by atoms with Crippen LogP contribution in [0.5, 0.6) is 11.5 Å². The smallest absolute Gasteiger partial charge is 0.336 e. The van der Waals surface area contributed by atoms with Gasteiger partial charge in [-0.3, -0.25) is 4.79 Å². The SMILES string of the molecule is CCCOC(=O)C(C)=COc1ccc(C(=O)c2ccccc2)c(O)c1. The summed E-state index contributed by atoms with van der Waals surface area (Å²) in [6, 6.07) is 13.1. The molecule has 0 saturated heterocycles. The minimum absolute atomic E-state index is 0.182. The Morgan fingerprint density at radius 3 is 2.48 bits per heavy atom. The lowest BCUT2D eigenvalue weighted by Crippen LogP contribution is -2.07. The predicted octanol–water partition coefficient (Wildman–Crippen LogP) is 3.86. The predicted molar refractivity (Wildman–Crippen MR) is 93.6 cm³/mol. The zero-order valence-corrected chi connectivity index (χ0v) is 14.2. The standard InChI is InChI=1S/C20H20O5/c1-3-11-24-20(23)14(2)13-25-16-9-10-17(18(21)12-16)19(22)15-7-5-4-6-8-15/h4-10,12-13,21H,3,11H2,1-2H3. The van der Waals surface area contributed by atoms with Gasteiger partial charge in [-0.15, -0.1) is 0 Å². The lowest BCUT2D eigenvalue weighted by molar-refractivity contribution is -0.139. The van der Waals surface area contributed by atoms with E-state index in [1.807, 2.05) is 13.0 Å². The molecule has 2 aromatic carbocycles. The third-order valence-electron chi connectivity index (χ3n) is 3.38. The van der Waals surface area contributed by atoms with Crippen molar-refractivity contribution in [2.45, 2.75) is 20.3 Å². The van der Waals surface area contributed by atoms with E-state index in [2.05, 4.69) is 0 Å². The van der Waals surface area contributed by atoms with Gasteiger partial charge in [0.2, 0.25) is 0 Å². The van der Waals surface area contributed by atoms with E-state index in [0.717, 1.165) is 6.42 Å². The number of ketones is 1. The van der Waals surface area contributed by atoms with Crippen molar-refractivity contribution in [1.82, 2.24) is 0 Å². The van der Waals surface area contributed by atoms with Gasteiger partial charge in [-0.05, 0) is 25.5 Å². The number of hydrogen-bond donors (Lipinski definition) is 1. The summed E-state index contributed by atoms with van der Waals surface area (Å²) in [5.41, 5.74) is 0.972. The number of ether oxygens (including phenoxy) is 2. The average Bonchev–Trinajstić information content (AvgIpc) is 2.64. The number of aromatic hydroxyl groups is 1. The summed E-state index contributed by atoms with van der Waals surface area (Å²) >= 11 is 0. The van der Waals surface area contributed by atoms with E-state index in [4.69, 9.17) is 9.47 Å². The van der Waals surface area contributed by atoms with Gasteiger partial charge >= 0.3 is 5.97 Å². The van der Waals surface area contributed by atoms with Crippen LogP contribution in [0.25, 0.3) is 0 Å². The van der Waals surface area contributed by atoms with Crippen molar-refractivity contribution < 1.29 is 24.2 Å². The Hall–Kier alpha value is -3.08. The molecule has 0 aliphatic heterocycles. The van der Waals surface area contributed by atoms with Crippen LogP contribution in [0.1, 0.15) is 36.2 Å². The Kier molecular flexibility index (Phi) is 6.34. The Morgan fingerprint density at radius 1 is 1.12 bits per heavy atom. The fourth-order valence-corrected chi connectivity index (χ4v) is 2.03. The van der Waals surface area contributed by atoms with Crippen LogP contribution in [-0.4, -0.2) is 23.5 Å². The van der Waals surface area contributed by atoms with Crippen molar-refractivity contribution in [2.24, 2.45) is 0 Å². The number of carbonyl (C=O) groups excluding carboxylic acids is 2. The first-order valence-corrected chi connectivity index (χ1v) is 7.96. The fourth-order valence-electron chi connectivity index (χ4n) is 2.03. The molecule has 0 unspecified atom stereocenters. The highest BCUT2D eigenvalue weighted by molar-refractivity contribution is 6.10. The van der Waals surface area contributed by atoms with Gasteiger partial charge in [0.15, 0.2) is 5.78 Å². The highest BCUT2D eigenvalue weighted by Gasteiger charge is 2.14. The minimum Gasteiger partial charge on any atom is -0.507 e. The Labute approximate surface area is 146 Å². The van der Waals surface area contributed by atoms with Crippen LogP contribution in [0.15, 0.2) is 60.4 Å². The lowest BCUT2D eigenvalue weighted by Gasteiger charge is -2.07. The molecule has 0 aromatic heterocycles. The molecule has 0 radical (unpaired) electrons. The van der Waals surface area contributed by atoms with Gasteiger partial charge in [-0.2, -0.15) is 0 Å². The van der Waals surface area contributed by atoms with Crippen LogP contribution < -0.4 is 4.74 Å². The number of esters is 1. The molecule has 0 spiro atoms. The van der Waals surface area contributed by atoms with Crippen molar-refractivity contribution in [3.63, 3.8) is 0 Å². The summed E-state index contributed by atoms with van der Waals surface area (Å²) in [7, 11) is 0.